The first-order chi connectivity index (χ1) is 12.9. The first-order valence-electron chi connectivity index (χ1n) is 8.08. The zero-order valence-electron chi connectivity index (χ0n) is 15.1. The zero-order chi connectivity index (χ0) is 19.4. The Morgan fingerprint density at radius 3 is 2.52 bits per heavy atom. The van der Waals surface area contributed by atoms with Crippen LogP contribution in [0.4, 0.5) is 5.13 Å². The summed E-state index contributed by atoms with van der Waals surface area (Å²) < 4.78 is 34.0. The minimum Gasteiger partial charge on any atom is -0.496 e. The molecule has 0 atom stereocenters. The molecule has 27 heavy (non-hydrogen) atoms. The molecule has 0 saturated carbocycles. The molecule has 2 aromatic carbocycles. The predicted octanol–water partition coefficient (Wildman–Crippen LogP) is 4.26. The van der Waals surface area contributed by atoms with Gasteiger partial charge in [0.25, 0.3) is 10.0 Å². The Morgan fingerprint density at radius 2 is 1.81 bits per heavy atom. The number of ether oxygens (including phenoxy) is 1. The fraction of sp³-hybridized carbons (Fsp3) is 0.222. The molecule has 0 aliphatic heterocycles. The molecular formula is C18H19N3O3S3. The number of methoxy groups -OCH3 is 1. The van der Waals surface area contributed by atoms with Gasteiger partial charge in [0.2, 0.25) is 5.13 Å². The van der Waals surface area contributed by atoms with Crippen LogP contribution in [0, 0.1) is 13.8 Å². The highest BCUT2D eigenvalue weighted by Gasteiger charge is 2.21. The van der Waals surface area contributed by atoms with E-state index < -0.39 is 10.0 Å². The Balaban J connectivity index is 1.73. The second-order valence-corrected chi connectivity index (χ2v) is 9.62. The number of rotatable bonds is 7. The van der Waals surface area contributed by atoms with Crippen molar-refractivity contribution < 1.29 is 13.2 Å². The summed E-state index contributed by atoms with van der Waals surface area (Å²) in [6.07, 6.45) is 0. The van der Waals surface area contributed by atoms with Crippen molar-refractivity contribution in [3.63, 3.8) is 0 Å². The van der Waals surface area contributed by atoms with E-state index in [1.165, 1.54) is 34.7 Å². The molecule has 1 aromatic heterocycles. The van der Waals surface area contributed by atoms with Crippen molar-refractivity contribution in [3.05, 3.63) is 59.2 Å². The normalized spacial score (nSPS) is 11.4. The first-order valence-corrected chi connectivity index (χ1v) is 11.4. The van der Waals surface area contributed by atoms with Crippen LogP contribution in [0.1, 0.15) is 16.7 Å². The highest BCUT2D eigenvalue weighted by atomic mass is 32.2. The summed E-state index contributed by atoms with van der Waals surface area (Å²) in [5, 5.41) is 8.27. The lowest BCUT2D eigenvalue weighted by molar-refractivity contribution is 0.411. The van der Waals surface area contributed by atoms with Gasteiger partial charge in [0.15, 0.2) is 4.34 Å². The second kappa shape index (κ2) is 8.28. The van der Waals surface area contributed by atoms with E-state index >= 15 is 0 Å². The Hall–Kier alpha value is -2.10. The Labute approximate surface area is 167 Å². The van der Waals surface area contributed by atoms with Crippen LogP contribution in [-0.4, -0.2) is 25.7 Å². The maximum absolute atomic E-state index is 12.7. The predicted molar refractivity (Wildman–Crippen MR) is 109 cm³/mol. The van der Waals surface area contributed by atoms with Gasteiger partial charge < -0.3 is 4.74 Å². The smallest absolute Gasteiger partial charge is 0.263 e. The van der Waals surface area contributed by atoms with E-state index in [0.717, 1.165) is 11.3 Å². The standard InChI is InChI=1S/C18H19N3O3S3/c1-12-13(2)16(10-9-15(12)24-3)27(22,23)21-17-19-20-18(26-17)25-11-14-7-5-4-6-8-14/h4-10H,11H2,1-3H3,(H,19,21). The number of nitrogens with zero attached hydrogens (tertiary/aromatic N) is 2. The average Bonchev–Trinajstić information content (AvgIpc) is 3.09. The van der Waals surface area contributed by atoms with Gasteiger partial charge in [0, 0.05) is 5.75 Å². The van der Waals surface area contributed by atoms with Crippen molar-refractivity contribution >= 4 is 38.3 Å². The molecular weight excluding hydrogens is 402 g/mol. The van der Waals surface area contributed by atoms with Crippen LogP contribution in [0.25, 0.3) is 0 Å². The lowest BCUT2D eigenvalue weighted by Gasteiger charge is -2.13. The summed E-state index contributed by atoms with van der Waals surface area (Å²) in [5.41, 5.74) is 2.60. The van der Waals surface area contributed by atoms with Crippen LogP contribution in [-0.2, 0) is 15.8 Å². The zero-order valence-corrected chi connectivity index (χ0v) is 17.5. The van der Waals surface area contributed by atoms with E-state index in [1.807, 2.05) is 37.3 Å². The molecule has 0 radical (unpaired) electrons. The Morgan fingerprint density at radius 1 is 1.07 bits per heavy atom. The summed E-state index contributed by atoms with van der Waals surface area (Å²) in [6.45, 7) is 3.59. The van der Waals surface area contributed by atoms with Crippen LogP contribution in [0.3, 0.4) is 0 Å². The van der Waals surface area contributed by atoms with Gasteiger partial charge in [-0.25, -0.2) is 8.42 Å². The number of sulfonamides is 1. The number of hydrogen-bond acceptors (Lipinski definition) is 7. The molecule has 3 rings (SSSR count). The molecule has 0 aliphatic rings. The quantitative estimate of drug-likeness (QED) is 0.574. The molecule has 1 N–H and O–H groups in total. The molecule has 0 spiro atoms. The summed E-state index contributed by atoms with van der Waals surface area (Å²) >= 11 is 2.74. The molecule has 1 heterocycles. The molecule has 0 unspecified atom stereocenters. The summed E-state index contributed by atoms with van der Waals surface area (Å²) in [5.74, 6) is 1.40. The summed E-state index contributed by atoms with van der Waals surface area (Å²) in [7, 11) is -2.19. The third-order valence-corrected chi connectivity index (χ3v) is 7.69. The SMILES string of the molecule is COc1ccc(S(=O)(=O)Nc2nnc(SCc3ccccc3)s2)c(C)c1C. The van der Waals surface area contributed by atoms with E-state index in [2.05, 4.69) is 14.9 Å². The molecule has 9 heteroatoms. The number of hydrogen-bond donors (Lipinski definition) is 1. The third kappa shape index (κ3) is 4.60. The Kier molecular flexibility index (Phi) is 6.03. The molecule has 0 saturated heterocycles. The maximum atomic E-state index is 12.7. The molecule has 142 valence electrons. The van der Waals surface area contributed by atoms with Crippen molar-refractivity contribution in [2.75, 3.05) is 11.8 Å². The van der Waals surface area contributed by atoms with Crippen LogP contribution in [0.5, 0.6) is 5.75 Å². The molecule has 6 nitrogen and oxygen atoms in total. The first kappa shape index (κ1) is 19.7. The van der Waals surface area contributed by atoms with Crippen LogP contribution >= 0.6 is 23.1 Å². The molecule has 0 aliphatic carbocycles. The summed E-state index contributed by atoms with van der Waals surface area (Å²) in [6, 6.07) is 13.2. The topological polar surface area (TPSA) is 81.2 Å². The molecule has 0 fully saturated rings. The van der Waals surface area contributed by atoms with E-state index in [9.17, 15) is 8.42 Å². The van der Waals surface area contributed by atoms with Gasteiger partial charge >= 0.3 is 0 Å². The van der Waals surface area contributed by atoms with Gasteiger partial charge in [-0.2, -0.15) is 0 Å². The lowest BCUT2D eigenvalue weighted by atomic mass is 10.1. The fourth-order valence-corrected chi connectivity index (χ4v) is 5.72. The minimum absolute atomic E-state index is 0.203. The van der Waals surface area contributed by atoms with Crippen LogP contribution in [0.2, 0.25) is 0 Å². The van der Waals surface area contributed by atoms with Crippen molar-refractivity contribution in [1.29, 1.82) is 0 Å². The highest BCUT2D eigenvalue weighted by Crippen LogP contribution is 2.31. The van der Waals surface area contributed by atoms with Crippen molar-refractivity contribution in [1.82, 2.24) is 10.2 Å². The number of aromatic nitrogens is 2. The Bertz CT molecular complexity index is 1030. The minimum atomic E-state index is -3.75. The van der Waals surface area contributed by atoms with Gasteiger partial charge in [-0.1, -0.05) is 53.4 Å². The van der Waals surface area contributed by atoms with Crippen LogP contribution in [0.15, 0.2) is 51.7 Å². The molecule has 0 amide bonds. The van der Waals surface area contributed by atoms with E-state index in [0.29, 0.717) is 15.7 Å². The maximum Gasteiger partial charge on any atom is 0.263 e. The van der Waals surface area contributed by atoms with Gasteiger partial charge in [-0.15, -0.1) is 10.2 Å². The monoisotopic (exact) mass is 421 g/mol. The van der Waals surface area contributed by atoms with E-state index in [1.54, 1.807) is 20.1 Å². The number of benzene rings is 2. The highest BCUT2D eigenvalue weighted by molar-refractivity contribution is 8.00. The second-order valence-electron chi connectivity index (χ2n) is 5.77. The number of anilines is 1. The van der Waals surface area contributed by atoms with E-state index in [-0.39, 0.29) is 10.0 Å². The van der Waals surface area contributed by atoms with Gasteiger partial charge in [0.1, 0.15) is 5.75 Å². The largest absolute Gasteiger partial charge is 0.496 e. The molecule has 3 aromatic rings. The average molecular weight is 422 g/mol. The van der Waals surface area contributed by atoms with Gasteiger partial charge in [0.05, 0.1) is 12.0 Å². The number of thioether (sulfide) groups is 1. The van der Waals surface area contributed by atoms with Crippen molar-refractivity contribution in [2.45, 2.75) is 28.8 Å². The van der Waals surface area contributed by atoms with Gasteiger partial charge in [-0.3, -0.25) is 4.72 Å². The molecule has 0 bridgehead atoms. The number of nitrogens with one attached hydrogen (secondary N) is 1. The van der Waals surface area contributed by atoms with Crippen molar-refractivity contribution in [2.24, 2.45) is 0 Å². The van der Waals surface area contributed by atoms with Gasteiger partial charge in [-0.05, 0) is 42.7 Å². The van der Waals surface area contributed by atoms with E-state index in [4.69, 9.17) is 4.74 Å². The summed E-state index contributed by atoms with van der Waals surface area (Å²) in [4.78, 5) is 0.203. The third-order valence-electron chi connectivity index (χ3n) is 4.03. The fourth-order valence-electron chi connectivity index (χ4n) is 2.48. The van der Waals surface area contributed by atoms with Crippen LogP contribution < -0.4 is 9.46 Å². The lowest BCUT2D eigenvalue weighted by Crippen LogP contribution is -2.14. The van der Waals surface area contributed by atoms with Crippen molar-refractivity contribution in [3.8, 4) is 5.75 Å².